The van der Waals surface area contributed by atoms with Gasteiger partial charge in [0.2, 0.25) is 0 Å². The summed E-state index contributed by atoms with van der Waals surface area (Å²) in [6, 6.07) is 4.32. The first kappa shape index (κ1) is 15.4. The molecule has 0 bridgehead atoms. The van der Waals surface area contributed by atoms with E-state index in [0.29, 0.717) is 5.56 Å². The van der Waals surface area contributed by atoms with Gasteiger partial charge in [-0.15, -0.1) is 0 Å². The maximum atomic E-state index is 11.4. The number of carbonyl (C=O) groups is 1. The van der Waals surface area contributed by atoms with Crippen LogP contribution in [0.25, 0.3) is 0 Å². The number of hydrogen-bond acceptors (Lipinski definition) is 4. The highest BCUT2D eigenvalue weighted by atomic mass is 35.5. The number of aliphatic carboxylic acids is 1. The van der Waals surface area contributed by atoms with Gasteiger partial charge in [0.25, 0.3) is 5.69 Å². The molecule has 1 aromatic carbocycles. The van der Waals surface area contributed by atoms with Crippen LogP contribution < -0.4 is 0 Å². The minimum Gasteiger partial charge on any atom is -0.480 e. The van der Waals surface area contributed by atoms with Crippen LogP contribution >= 0.6 is 11.6 Å². The third-order valence-corrected chi connectivity index (χ3v) is 3.52. The Labute approximate surface area is 115 Å². The summed E-state index contributed by atoms with van der Waals surface area (Å²) in [5.74, 6) is -0.991. The zero-order chi connectivity index (χ0) is 14.8. The van der Waals surface area contributed by atoms with E-state index >= 15 is 0 Å². The van der Waals surface area contributed by atoms with Gasteiger partial charge in [0.1, 0.15) is 10.6 Å². The number of nitro benzene ring substituents is 1. The largest absolute Gasteiger partial charge is 0.480 e. The number of rotatable bonds is 5. The molecular weight excluding hydrogens is 272 g/mol. The molecule has 1 aromatic rings. The minimum absolute atomic E-state index is 0.0376. The van der Waals surface area contributed by atoms with Crippen LogP contribution in [0.1, 0.15) is 12.5 Å². The normalized spacial score (nSPS) is 14.2. The van der Waals surface area contributed by atoms with Crippen molar-refractivity contribution < 1.29 is 14.8 Å². The second kappa shape index (κ2) is 5.54. The number of likely N-dealkylation sites (N-methyl/N-ethyl adjacent to an activating group) is 1. The SMILES string of the molecule is CN(C)C(C)(Cc1ccc(Cl)c([N+](=O)[O-])c1)C(=O)O. The van der Waals surface area contributed by atoms with Gasteiger partial charge < -0.3 is 5.11 Å². The van der Waals surface area contributed by atoms with Crippen LogP contribution in [0.4, 0.5) is 5.69 Å². The summed E-state index contributed by atoms with van der Waals surface area (Å²) in [4.78, 5) is 23.1. The number of halogens is 1. The van der Waals surface area contributed by atoms with Crippen LogP contribution in [-0.2, 0) is 11.2 Å². The van der Waals surface area contributed by atoms with Crippen LogP contribution in [0.5, 0.6) is 0 Å². The smallest absolute Gasteiger partial charge is 0.324 e. The van der Waals surface area contributed by atoms with Crippen molar-refractivity contribution in [1.82, 2.24) is 4.90 Å². The Balaban J connectivity index is 3.15. The standard InChI is InChI=1S/C12H15ClN2O4/c1-12(11(16)17,14(2)3)7-8-4-5-9(13)10(6-8)15(18)19/h4-6H,7H2,1-3H3,(H,16,17). The van der Waals surface area contributed by atoms with E-state index in [4.69, 9.17) is 11.6 Å². The van der Waals surface area contributed by atoms with Crippen molar-refractivity contribution in [3.8, 4) is 0 Å². The number of carboxylic acids is 1. The van der Waals surface area contributed by atoms with Crippen LogP contribution in [-0.4, -0.2) is 40.5 Å². The summed E-state index contributed by atoms with van der Waals surface area (Å²) in [6.45, 7) is 1.57. The van der Waals surface area contributed by atoms with Gasteiger partial charge in [0, 0.05) is 12.5 Å². The van der Waals surface area contributed by atoms with Crippen molar-refractivity contribution in [2.24, 2.45) is 0 Å². The van der Waals surface area contributed by atoms with Crippen LogP contribution in [0.2, 0.25) is 5.02 Å². The van der Waals surface area contributed by atoms with E-state index in [1.54, 1.807) is 32.0 Å². The maximum Gasteiger partial charge on any atom is 0.324 e. The van der Waals surface area contributed by atoms with E-state index in [1.165, 1.54) is 12.1 Å². The molecule has 0 aromatic heterocycles. The number of nitrogens with zero attached hydrogens (tertiary/aromatic N) is 2. The van der Waals surface area contributed by atoms with Gasteiger partial charge in [0.05, 0.1) is 4.92 Å². The van der Waals surface area contributed by atoms with Gasteiger partial charge in [-0.2, -0.15) is 0 Å². The Morgan fingerprint density at radius 1 is 1.53 bits per heavy atom. The lowest BCUT2D eigenvalue weighted by Gasteiger charge is -2.32. The Kier molecular flexibility index (Phi) is 4.49. The Morgan fingerprint density at radius 2 is 2.11 bits per heavy atom. The molecule has 0 amide bonds. The molecule has 0 fully saturated rings. The predicted molar refractivity (Wildman–Crippen MR) is 71.5 cm³/mol. The molecule has 0 spiro atoms. The van der Waals surface area contributed by atoms with E-state index in [9.17, 15) is 20.0 Å². The molecule has 0 heterocycles. The first-order valence-corrected chi connectivity index (χ1v) is 5.90. The highest BCUT2D eigenvalue weighted by Gasteiger charge is 2.36. The lowest BCUT2D eigenvalue weighted by Crippen LogP contribution is -2.50. The lowest BCUT2D eigenvalue weighted by atomic mass is 9.91. The summed E-state index contributed by atoms with van der Waals surface area (Å²) in [5, 5.41) is 20.1. The van der Waals surface area contributed by atoms with Gasteiger partial charge in [-0.25, -0.2) is 0 Å². The minimum atomic E-state index is -1.14. The fourth-order valence-corrected chi connectivity index (χ4v) is 1.82. The molecule has 1 atom stereocenters. The summed E-state index contributed by atoms with van der Waals surface area (Å²) < 4.78 is 0. The predicted octanol–water partition coefficient (Wildman–Crippen LogP) is 2.20. The molecule has 0 saturated heterocycles. The van der Waals surface area contributed by atoms with Crippen LogP contribution in [0, 0.1) is 10.1 Å². The highest BCUT2D eigenvalue weighted by molar-refractivity contribution is 6.32. The third-order valence-electron chi connectivity index (χ3n) is 3.20. The topological polar surface area (TPSA) is 83.7 Å². The average molecular weight is 287 g/mol. The Hall–Kier alpha value is -1.66. The zero-order valence-electron chi connectivity index (χ0n) is 10.9. The van der Waals surface area contributed by atoms with E-state index < -0.39 is 16.4 Å². The molecule has 7 heteroatoms. The molecule has 0 aliphatic rings. The molecule has 19 heavy (non-hydrogen) atoms. The Morgan fingerprint density at radius 3 is 2.53 bits per heavy atom. The van der Waals surface area contributed by atoms with Crippen molar-refractivity contribution in [2.75, 3.05) is 14.1 Å². The summed E-state index contributed by atoms with van der Waals surface area (Å²) in [5.41, 5.74) is -0.804. The second-order valence-electron chi connectivity index (χ2n) is 4.69. The van der Waals surface area contributed by atoms with Crippen molar-refractivity contribution >= 4 is 23.3 Å². The number of benzene rings is 1. The molecule has 1 N–H and O–H groups in total. The van der Waals surface area contributed by atoms with E-state index in [-0.39, 0.29) is 17.1 Å². The first-order valence-electron chi connectivity index (χ1n) is 5.52. The van der Waals surface area contributed by atoms with Gasteiger partial charge >= 0.3 is 5.97 Å². The van der Waals surface area contributed by atoms with E-state index in [2.05, 4.69) is 0 Å². The highest BCUT2D eigenvalue weighted by Crippen LogP contribution is 2.28. The van der Waals surface area contributed by atoms with Gasteiger partial charge in [-0.05, 0) is 32.6 Å². The summed E-state index contributed by atoms with van der Waals surface area (Å²) >= 11 is 5.72. The maximum absolute atomic E-state index is 11.4. The summed E-state index contributed by atoms with van der Waals surface area (Å²) in [7, 11) is 3.30. The van der Waals surface area contributed by atoms with Crippen molar-refractivity contribution in [1.29, 1.82) is 0 Å². The Bertz CT molecular complexity index is 518. The van der Waals surface area contributed by atoms with Gasteiger partial charge in [0.15, 0.2) is 0 Å². The van der Waals surface area contributed by atoms with E-state index in [1.807, 2.05) is 0 Å². The quantitative estimate of drug-likeness (QED) is 0.662. The van der Waals surface area contributed by atoms with Gasteiger partial charge in [-0.3, -0.25) is 19.8 Å². The molecule has 0 aliphatic carbocycles. The third kappa shape index (κ3) is 3.21. The first-order chi connectivity index (χ1) is 8.68. The fourth-order valence-electron chi connectivity index (χ4n) is 1.63. The molecule has 104 valence electrons. The molecule has 1 rings (SSSR count). The average Bonchev–Trinajstić information content (AvgIpc) is 2.30. The second-order valence-corrected chi connectivity index (χ2v) is 5.10. The molecule has 0 saturated carbocycles. The number of carboxylic acid groups (broad SMARTS) is 1. The molecular formula is C12H15ClN2O4. The molecule has 0 radical (unpaired) electrons. The van der Waals surface area contributed by atoms with Crippen molar-refractivity contribution in [2.45, 2.75) is 18.9 Å². The molecule has 1 unspecified atom stereocenters. The lowest BCUT2D eigenvalue weighted by molar-refractivity contribution is -0.384. The number of nitro groups is 1. The van der Waals surface area contributed by atoms with Crippen molar-refractivity contribution in [3.05, 3.63) is 38.9 Å². The van der Waals surface area contributed by atoms with E-state index in [0.717, 1.165) is 0 Å². The van der Waals surface area contributed by atoms with Crippen LogP contribution in [0.15, 0.2) is 18.2 Å². The monoisotopic (exact) mass is 286 g/mol. The number of hydrogen-bond donors (Lipinski definition) is 1. The zero-order valence-corrected chi connectivity index (χ0v) is 11.6. The van der Waals surface area contributed by atoms with Crippen molar-refractivity contribution in [3.63, 3.8) is 0 Å². The summed E-state index contributed by atoms with van der Waals surface area (Å²) in [6.07, 6.45) is 0.146. The van der Waals surface area contributed by atoms with Crippen LogP contribution in [0.3, 0.4) is 0 Å². The fraction of sp³-hybridized carbons (Fsp3) is 0.417. The molecule has 6 nitrogen and oxygen atoms in total. The molecule has 0 aliphatic heterocycles. The van der Waals surface area contributed by atoms with Gasteiger partial charge in [-0.1, -0.05) is 17.7 Å².